The summed E-state index contributed by atoms with van der Waals surface area (Å²) in [6, 6.07) is 11.1. The Kier molecular flexibility index (Phi) is 5.02. The molecule has 0 spiro atoms. The summed E-state index contributed by atoms with van der Waals surface area (Å²) in [5, 5.41) is 5.17. The van der Waals surface area contributed by atoms with Crippen LogP contribution in [-0.4, -0.2) is 15.9 Å². The minimum Gasteiger partial charge on any atom is -0.340 e. The lowest BCUT2D eigenvalue weighted by Crippen LogP contribution is -2.14. The molecule has 0 saturated carbocycles. The fraction of sp³-hybridized carbons (Fsp3) is 0.0556. The van der Waals surface area contributed by atoms with E-state index >= 15 is 0 Å². The summed E-state index contributed by atoms with van der Waals surface area (Å²) in [7, 11) is 0. The van der Waals surface area contributed by atoms with Crippen molar-refractivity contribution in [1.82, 2.24) is 9.97 Å². The van der Waals surface area contributed by atoms with Gasteiger partial charge in [0.15, 0.2) is 0 Å². The van der Waals surface area contributed by atoms with Gasteiger partial charge in [0.25, 0.3) is 5.91 Å². The third-order valence-electron chi connectivity index (χ3n) is 3.44. The van der Waals surface area contributed by atoms with Crippen LogP contribution in [0.3, 0.4) is 0 Å². The van der Waals surface area contributed by atoms with E-state index in [1.165, 1.54) is 36.4 Å². The van der Waals surface area contributed by atoms with Crippen molar-refractivity contribution >= 4 is 23.1 Å². The highest BCUT2D eigenvalue weighted by Gasteiger charge is 2.30. The van der Waals surface area contributed by atoms with Crippen LogP contribution in [0.1, 0.15) is 16.1 Å². The number of hydrogen-bond donors (Lipinski definition) is 2. The van der Waals surface area contributed by atoms with Crippen molar-refractivity contribution in [2.75, 3.05) is 10.6 Å². The predicted octanol–water partition coefficient (Wildman–Crippen LogP) is 4.63. The number of aromatic nitrogens is 2. The van der Waals surface area contributed by atoms with Gasteiger partial charge in [-0.2, -0.15) is 13.2 Å². The standard InChI is InChI=1S/C18H12F4N4O/c19-12-4-2-6-14(8-12)26-17(27)15-9-16(24-10-23-15)25-13-5-1-3-11(7-13)18(20,21)22/h1-10H,(H,26,27)(H,23,24,25). The van der Waals surface area contributed by atoms with Gasteiger partial charge in [0.2, 0.25) is 0 Å². The van der Waals surface area contributed by atoms with Crippen molar-refractivity contribution < 1.29 is 22.4 Å². The second kappa shape index (κ2) is 7.40. The fourth-order valence-corrected chi connectivity index (χ4v) is 2.23. The minimum absolute atomic E-state index is 0.0382. The maximum atomic E-state index is 13.2. The molecule has 0 unspecified atom stereocenters. The lowest BCUT2D eigenvalue weighted by Gasteiger charge is -2.10. The number of nitrogens with one attached hydrogen (secondary N) is 2. The molecule has 0 fully saturated rings. The Hall–Kier alpha value is -3.49. The normalized spacial score (nSPS) is 11.1. The third kappa shape index (κ3) is 4.78. The molecular weight excluding hydrogens is 364 g/mol. The molecule has 0 aliphatic carbocycles. The molecule has 2 N–H and O–H groups in total. The van der Waals surface area contributed by atoms with E-state index in [1.807, 2.05) is 0 Å². The molecule has 27 heavy (non-hydrogen) atoms. The Bertz CT molecular complexity index is 975. The van der Waals surface area contributed by atoms with Gasteiger partial charge in [0.05, 0.1) is 5.56 Å². The fourth-order valence-electron chi connectivity index (χ4n) is 2.23. The molecular formula is C18H12F4N4O. The molecule has 3 rings (SSSR count). The van der Waals surface area contributed by atoms with Crippen molar-refractivity contribution in [1.29, 1.82) is 0 Å². The van der Waals surface area contributed by atoms with E-state index in [4.69, 9.17) is 0 Å². The Labute approximate surface area is 151 Å². The lowest BCUT2D eigenvalue weighted by atomic mass is 10.2. The van der Waals surface area contributed by atoms with E-state index in [0.29, 0.717) is 0 Å². The summed E-state index contributed by atoms with van der Waals surface area (Å²) in [5.74, 6) is -0.994. The molecule has 0 aliphatic heterocycles. The van der Waals surface area contributed by atoms with Gasteiger partial charge in [-0.15, -0.1) is 0 Å². The van der Waals surface area contributed by atoms with Crippen molar-refractivity contribution in [2.45, 2.75) is 6.18 Å². The Morgan fingerprint density at radius 3 is 2.41 bits per heavy atom. The molecule has 0 saturated heterocycles. The highest BCUT2D eigenvalue weighted by Crippen LogP contribution is 2.31. The zero-order valence-electron chi connectivity index (χ0n) is 13.6. The highest BCUT2D eigenvalue weighted by molar-refractivity contribution is 6.03. The second-order valence-electron chi connectivity index (χ2n) is 5.46. The molecule has 1 aromatic heterocycles. The zero-order valence-corrected chi connectivity index (χ0v) is 13.6. The maximum absolute atomic E-state index is 13.2. The average molecular weight is 376 g/mol. The van der Waals surface area contributed by atoms with Gasteiger partial charge in [-0.3, -0.25) is 4.79 Å². The van der Waals surface area contributed by atoms with E-state index in [-0.39, 0.29) is 22.9 Å². The summed E-state index contributed by atoms with van der Waals surface area (Å²) < 4.78 is 51.5. The predicted molar refractivity (Wildman–Crippen MR) is 91.1 cm³/mol. The SMILES string of the molecule is O=C(Nc1cccc(F)c1)c1cc(Nc2cccc(C(F)(F)F)c2)ncn1. The van der Waals surface area contributed by atoms with Crippen LogP contribution in [0.5, 0.6) is 0 Å². The van der Waals surface area contributed by atoms with E-state index in [9.17, 15) is 22.4 Å². The van der Waals surface area contributed by atoms with E-state index in [0.717, 1.165) is 24.5 Å². The van der Waals surface area contributed by atoms with Crippen LogP contribution in [0.25, 0.3) is 0 Å². The molecule has 0 radical (unpaired) electrons. The van der Waals surface area contributed by atoms with Gasteiger partial charge in [0, 0.05) is 17.4 Å². The second-order valence-corrected chi connectivity index (χ2v) is 5.46. The number of anilines is 3. The molecule has 1 heterocycles. The minimum atomic E-state index is -4.47. The highest BCUT2D eigenvalue weighted by atomic mass is 19.4. The summed E-state index contributed by atoms with van der Waals surface area (Å²) in [6.45, 7) is 0. The van der Waals surface area contributed by atoms with Gasteiger partial charge in [0.1, 0.15) is 23.7 Å². The van der Waals surface area contributed by atoms with Crippen molar-refractivity contribution in [2.24, 2.45) is 0 Å². The van der Waals surface area contributed by atoms with E-state index in [1.54, 1.807) is 0 Å². The Morgan fingerprint density at radius 2 is 1.67 bits per heavy atom. The summed E-state index contributed by atoms with van der Waals surface area (Å²) in [5.41, 5.74) is -0.458. The molecule has 9 heteroatoms. The topological polar surface area (TPSA) is 66.9 Å². The first-order valence-electron chi connectivity index (χ1n) is 7.64. The molecule has 2 aromatic carbocycles. The number of alkyl halides is 3. The summed E-state index contributed by atoms with van der Waals surface area (Å²) in [6.07, 6.45) is -3.38. The number of carbonyl (C=O) groups excluding carboxylic acids is 1. The van der Waals surface area contributed by atoms with Crippen LogP contribution in [0, 0.1) is 5.82 Å². The quantitative estimate of drug-likeness (QED) is 0.652. The van der Waals surface area contributed by atoms with Crippen molar-refractivity contribution in [3.05, 3.63) is 78.0 Å². The van der Waals surface area contributed by atoms with Gasteiger partial charge < -0.3 is 10.6 Å². The number of halogens is 4. The molecule has 138 valence electrons. The number of nitrogens with zero attached hydrogens (tertiary/aromatic N) is 2. The first-order chi connectivity index (χ1) is 12.8. The molecule has 3 aromatic rings. The lowest BCUT2D eigenvalue weighted by molar-refractivity contribution is -0.137. The Morgan fingerprint density at radius 1 is 0.926 bits per heavy atom. The van der Waals surface area contributed by atoms with Crippen LogP contribution in [0.4, 0.5) is 34.8 Å². The van der Waals surface area contributed by atoms with Gasteiger partial charge in [-0.25, -0.2) is 14.4 Å². The summed E-state index contributed by atoms with van der Waals surface area (Å²) in [4.78, 5) is 19.9. The van der Waals surface area contributed by atoms with Crippen molar-refractivity contribution in [3.8, 4) is 0 Å². The van der Waals surface area contributed by atoms with Crippen LogP contribution >= 0.6 is 0 Å². The average Bonchev–Trinajstić information content (AvgIpc) is 2.61. The summed E-state index contributed by atoms with van der Waals surface area (Å²) >= 11 is 0. The van der Waals surface area contributed by atoms with E-state index in [2.05, 4.69) is 20.6 Å². The Balaban J connectivity index is 1.77. The van der Waals surface area contributed by atoms with Crippen LogP contribution in [0.2, 0.25) is 0 Å². The van der Waals surface area contributed by atoms with Crippen LogP contribution in [0.15, 0.2) is 60.9 Å². The first kappa shape index (κ1) is 18.3. The number of rotatable bonds is 4. The number of benzene rings is 2. The smallest absolute Gasteiger partial charge is 0.340 e. The largest absolute Gasteiger partial charge is 0.416 e. The first-order valence-corrected chi connectivity index (χ1v) is 7.64. The molecule has 0 aliphatic rings. The van der Waals surface area contributed by atoms with Crippen molar-refractivity contribution in [3.63, 3.8) is 0 Å². The van der Waals surface area contributed by atoms with E-state index < -0.39 is 23.5 Å². The van der Waals surface area contributed by atoms with Gasteiger partial charge >= 0.3 is 6.18 Å². The van der Waals surface area contributed by atoms with Crippen LogP contribution < -0.4 is 10.6 Å². The van der Waals surface area contributed by atoms with Gasteiger partial charge in [-0.05, 0) is 36.4 Å². The van der Waals surface area contributed by atoms with Gasteiger partial charge in [-0.1, -0.05) is 12.1 Å². The number of hydrogen-bond acceptors (Lipinski definition) is 4. The zero-order chi connectivity index (χ0) is 19.4. The number of amides is 1. The molecule has 0 bridgehead atoms. The van der Waals surface area contributed by atoms with Crippen LogP contribution in [-0.2, 0) is 6.18 Å². The molecule has 5 nitrogen and oxygen atoms in total. The monoisotopic (exact) mass is 376 g/mol. The maximum Gasteiger partial charge on any atom is 0.416 e. The molecule has 0 atom stereocenters. The number of carbonyl (C=O) groups is 1. The third-order valence-corrected chi connectivity index (χ3v) is 3.44. The molecule has 1 amide bonds.